The van der Waals surface area contributed by atoms with Crippen LogP contribution >= 0.6 is 21.4 Å². The molecule has 0 saturated heterocycles. The van der Waals surface area contributed by atoms with Crippen molar-refractivity contribution in [3.05, 3.63) is 30.3 Å². The predicted octanol–water partition coefficient (Wildman–Crippen LogP) is 2.40. The van der Waals surface area contributed by atoms with Gasteiger partial charge >= 0.3 is 0 Å². The normalized spacial score (nSPS) is 12.7. The minimum atomic E-state index is -4.31. The monoisotopic (exact) mass is 340 g/mol. The lowest BCUT2D eigenvalue weighted by molar-refractivity contribution is 0.465. The summed E-state index contributed by atoms with van der Waals surface area (Å²) in [6, 6.07) is 6.54. The summed E-state index contributed by atoms with van der Waals surface area (Å²) in [5, 5.41) is 10.0. The van der Waals surface area contributed by atoms with Crippen molar-refractivity contribution in [2.75, 3.05) is 0 Å². The molecule has 0 aliphatic heterocycles. The molecule has 0 unspecified atom stereocenters. The molecule has 0 saturated carbocycles. The first-order valence-electron chi connectivity index (χ1n) is 4.76. The van der Waals surface area contributed by atoms with Crippen LogP contribution in [0.5, 0.6) is 5.75 Å². The van der Waals surface area contributed by atoms with Gasteiger partial charge in [-0.15, -0.1) is 0 Å². The lowest BCUT2D eigenvalue weighted by Gasteiger charge is -2.09. The van der Waals surface area contributed by atoms with Crippen molar-refractivity contribution in [1.29, 1.82) is 0 Å². The second-order valence-electron chi connectivity index (χ2n) is 3.64. The molecule has 2 aromatic rings. The van der Waals surface area contributed by atoms with Crippen molar-refractivity contribution in [3.63, 3.8) is 0 Å². The molecule has 5 nitrogen and oxygen atoms in total. The summed E-state index contributed by atoms with van der Waals surface area (Å²) in [4.78, 5) is -1.13. The van der Waals surface area contributed by atoms with Crippen LogP contribution in [0.3, 0.4) is 0 Å². The van der Waals surface area contributed by atoms with E-state index in [0.29, 0.717) is 0 Å². The van der Waals surface area contributed by atoms with Crippen LogP contribution in [-0.4, -0.2) is 21.9 Å². The van der Waals surface area contributed by atoms with E-state index < -0.39 is 33.6 Å². The molecule has 0 radical (unpaired) electrons. The fraction of sp³-hybridized carbons (Fsp3) is 0. The van der Waals surface area contributed by atoms with E-state index in [1.165, 1.54) is 24.3 Å². The fourth-order valence-electron chi connectivity index (χ4n) is 1.69. The van der Waals surface area contributed by atoms with E-state index in [1.807, 2.05) is 0 Å². The van der Waals surface area contributed by atoms with Crippen molar-refractivity contribution >= 4 is 50.2 Å². The third kappa shape index (κ3) is 2.64. The van der Waals surface area contributed by atoms with Crippen molar-refractivity contribution < 1.29 is 21.9 Å². The number of fused-ring (bicyclic) bond motifs is 1. The van der Waals surface area contributed by atoms with Crippen LogP contribution in [-0.2, 0) is 18.1 Å². The van der Waals surface area contributed by atoms with Crippen LogP contribution in [0.1, 0.15) is 0 Å². The lowest BCUT2D eigenvalue weighted by Crippen LogP contribution is -1.98. The summed E-state index contributed by atoms with van der Waals surface area (Å²) in [6.07, 6.45) is 0. The molecule has 102 valence electrons. The lowest BCUT2D eigenvalue weighted by atomic mass is 10.1. The number of halogens is 2. The topological polar surface area (TPSA) is 88.5 Å². The van der Waals surface area contributed by atoms with E-state index in [9.17, 15) is 21.9 Å². The second-order valence-corrected chi connectivity index (χ2v) is 8.71. The molecule has 0 aliphatic rings. The molecule has 0 aliphatic carbocycles. The Morgan fingerprint density at radius 3 is 1.79 bits per heavy atom. The predicted molar refractivity (Wildman–Crippen MR) is 71.7 cm³/mol. The van der Waals surface area contributed by atoms with Crippen LogP contribution in [0.2, 0.25) is 0 Å². The minimum absolute atomic E-state index is 0.0310. The SMILES string of the molecule is O=S(=O)(Cl)c1cc(S(=O)(=O)Cl)c2ccccc2c1O. The first kappa shape index (κ1) is 14.4. The van der Waals surface area contributed by atoms with Crippen molar-refractivity contribution in [1.82, 2.24) is 0 Å². The summed E-state index contributed by atoms with van der Waals surface area (Å²) >= 11 is 0. The molecule has 0 spiro atoms. The maximum Gasteiger partial charge on any atom is 0.265 e. The van der Waals surface area contributed by atoms with Gasteiger partial charge in [0.2, 0.25) is 0 Å². The molecule has 0 amide bonds. The molecule has 0 heterocycles. The molecule has 9 heteroatoms. The van der Waals surface area contributed by atoms with Crippen molar-refractivity contribution in [2.24, 2.45) is 0 Å². The van der Waals surface area contributed by atoms with E-state index in [-0.39, 0.29) is 10.8 Å². The Labute approximate surface area is 118 Å². The molecule has 2 rings (SSSR count). The van der Waals surface area contributed by atoms with Crippen LogP contribution in [0.4, 0.5) is 0 Å². The molecule has 2 aromatic carbocycles. The number of aromatic hydroxyl groups is 1. The third-order valence-electron chi connectivity index (χ3n) is 2.47. The highest BCUT2D eigenvalue weighted by atomic mass is 35.7. The first-order chi connectivity index (χ1) is 8.62. The van der Waals surface area contributed by atoms with Gasteiger partial charge in [0, 0.05) is 32.1 Å². The summed E-state index contributed by atoms with van der Waals surface area (Å²) in [5.41, 5.74) is 0. The molecule has 0 bridgehead atoms. The molecule has 19 heavy (non-hydrogen) atoms. The van der Waals surface area contributed by atoms with Crippen molar-refractivity contribution in [3.8, 4) is 5.75 Å². The van der Waals surface area contributed by atoms with Gasteiger partial charge in [-0.2, -0.15) is 0 Å². The van der Waals surface area contributed by atoms with Gasteiger partial charge in [0.05, 0.1) is 4.90 Å². The van der Waals surface area contributed by atoms with Gasteiger partial charge < -0.3 is 5.11 Å². The van der Waals surface area contributed by atoms with Gasteiger partial charge in [0.1, 0.15) is 10.6 Å². The quantitative estimate of drug-likeness (QED) is 0.848. The number of hydrogen-bond donors (Lipinski definition) is 1. The highest BCUT2D eigenvalue weighted by Gasteiger charge is 2.24. The van der Waals surface area contributed by atoms with E-state index in [2.05, 4.69) is 0 Å². The van der Waals surface area contributed by atoms with Gasteiger partial charge in [-0.3, -0.25) is 0 Å². The maximum absolute atomic E-state index is 11.5. The van der Waals surface area contributed by atoms with Crippen molar-refractivity contribution in [2.45, 2.75) is 9.79 Å². The van der Waals surface area contributed by atoms with E-state index >= 15 is 0 Å². The molecule has 0 aromatic heterocycles. The molecule has 0 atom stereocenters. The summed E-state index contributed by atoms with van der Waals surface area (Å²) in [5.74, 6) is -0.616. The minimum Gasteiger partial charge on any atom is -0.506 e. The second kappa shape index (κ2) is 4.52. The Morgan fingerprint density at radius 2 is 1.32 bits per heavy atom. The van der Waals surface area contributed by atoms with Gasteiger partial charge in [-0.1, -0.05) is 24.3 Å². The van der Waals surface area contributed by atoms with Gasteiger partial charge in [-0.05, 0) is 6.07 Å². The zero-order valence-electron chi connectivity index (χ0n) is 9.04. The number of phenols is 1. The number of phenolic OH excluding ortho intramolecular Hbond substituents is 1. The highest BCUT2D eigenvalue weighted by molar-refractivity contribution is 8.14. The zero-order chi connectivity index (χ0) is 14.4. The van der Waals surface area contributed by atoms with E-state index in [4.69, 9.17) is 21.4 Å². The van der Waals surface area contributed by atoms with Gasteiger partial charge in [-0.25, -0.2) is 16.8 Å². The molecular formula is C10H6Cl2O5S2. The zero-order valence-corrected chi connectivity index (χ0v) is 12.2. The standard InChI is InChI=1S/C10H6Cl2O5S2/c11-18(14,15)8-5-9(19(12,16)17)10(13)7-4-2-1-3-6(7)8/h1-5,13H. The Kier molecular flexibility index (Phi) is 3.42. The number of benzene rings is 2. The number of rotatable bonds is 2. The Balaban J connectivity index is 3.10. The number of hydrogen-bond acceptors (Lipinski definition) is 5. The smallest absolute Gasteiger partial charge is 0.265 e. The third-order valence-corrected chi connectivity index (χ3v) is 5.17. The fourth-order valence-corrected chi connectivity index (χ4v) is 3.80. The van der Waals surface area contributed by atoms with E-state index in [1.54, 1.807) is 0 Å². The Hall–Kier alpha value is -1.02. The van der Waals surface area contributed by atoms with Crippen LogP contribution < -0.4 is 0 Å². The summed E-state index contributed by atoms with van der Waals surface area (Å²) in [7, 11) is 1.93. The molecule has 1 N–H and O–H groups in total. The molecule has 0 fully saturated rings. The average molecular weight is 341 g/mol. The average Bonchev–Trinajstić information content (AvgIpc) is 2.26. The maximum atomic E-state index is 11.5. The summed E-state index contributed by atoms with van der Waals surface area (Å²) < 4.78 is 45.7. The van der Waals surface area contributed by atoms with Gasteiger partial charge in [0.15, 0.2) is 0 Å². The summed E-state index contributed by atoms with van der Waals surface area (Å²) in [6.45, 7) is 0. The van der Waals surface area contributed by atoms with Gasteiger partial charge in [0.25, 0.3) is 18.1 Å². The molecular weight excluding hydrogens is 335 g/mol. The first-order valence-corrected chi connectivity index (χ1v) is 9.38. The Morgan fingerprint density at radius 1 is 0.842 bits per heavy atom. The van der Waals surface area contributed by atoms with Crippen LogP contribution in [0.25, 0.3) is 10.8 Å². The highest BCUT2D eigenvalue weighted by Crippen LogP contribution is 2.38. The largest absolute Gasteiger partial charge is 0.506 e. The van der Waals surface area contributed by atoms with E-state index in [0.717, 1.165) is 6.07 Å². The Bertz CT molecular complexity index is 872. The van der Waals surface area contributed by atoms with Crippen LogP contribution in [0, 0.1) is 0 Å². The van der Waals surface area contributed by atoms with Crippen LogP contribution in [0.15, 0.2) is 40.1 Å².